The SMILES string of the molecule is C=CC(NCCC)c1cc(F)cc(F)c1. The second-order valence-corrected chi connectivity index (χ2v) is 3.37. The van der Waals surface area contributed by atoms with Gasteiger partial charge in [0, 0.05) is 6.07 Å². The van der Waals surface area contributed by atoms with E-state index in [0.29, 0.717) is 5.56 Å². The normalized spacial score (nSPS) is 12.5. The van der Waals surface area contributed by atoms with E-state index in [1.54, 1.807) is 6.08 Å². The number of benzene rings is 1. The molecule has 0 saturated carbocycles. The maximum absolute atomic E-state index is 12.9. The van der Waals surface area contributed by atoms with E-state index in [1.165, 1.54) is 12.1 Å². The highest BCUT2D eigenvalue weighted by molar-refractivity contribution is 5.24. The van der Waals surface area contributed by atoms with Crippen molar-refractivity contribution in [2.45, 2.75) is 19.4 Å². The zero-order valence-electron chi connectivity index (χ0n) is 8.76. The van der Waals surface area contributed by atoms with Gasteiger partial charge in [-0.3, -0.25) is 0 Å². The van der Waals surface area contributed by atoms with Gasteiger partial charge in [-0.1, -0.05) is 13.0 Å². The van der Waals surface area contributed by atoms with Crippen LogP contribution < -0.4 is 5.32 Å². The molecule has 1 aromatic carbocycles. The van der Waals surface area contributed by atoms with E-state index in [2.05, 4.69) is 11.9 Å². The summed E-state index contributed by atoms with van der Waals surface area (Å²) in [7, 11) is 0. The fraction of sp³-hybridized carbons (Fsp3) is 0.333. The zero-order valence-corrected chi connectivity index (χ0v) is 8.76. The van der Waals surface area contributed by atoms with Crippen molar-refractivity contribution in [3.63, 3.8) is 0 Å². The number of nitrogens with one attached hydrogen (secondary N) is 1. The molecule has 1 nitrogen and oxygen atoms in total. The Hall–Kier alpha value is -1.22. The van der Waals surface area contributed by atoms with Crippen LogP contribution in [0.15, 0.2) is 30.9 Å². The van der Waals surface area contributed by atoms with Gasteiger partial charge in [0.1, 0.15) is 11.6 Å². The summed E-state index contributed by atoms with van der Waals surface area (Å²) in [6.07, 6.45) is 2.60. The molecular weight excluding hydrogens is 196 g/mol. The Kier molecular flexibility index (Phi) is 4.43. The van der Waals surface area contributed by atoms with Crippen LogP contribution in [0.5, 0.6) is 0 Å². The summed E-state index contributed by atoms with van der Waals surface area (Å²) in [6.45, 7) is 6.46. The Labute approximate surface area is 88.8 Å². The average molecular weight is 211 g/mol. The highest BCUT2D eigenvalue weighted by Gasteiger charge is 2.08. The van der Waals surface area contributed by atoms with Crippen LogP contribution in [0.3, 0.4) is 0 Å². The summed E-state index contributed by atoms with van der Waals surface area (Å²) in [5.74, 6) is -1.12. The summed E-state index contributed by atoms with van der Waals surface area (Å²) in [5, 5.41) is 3.14. The Morgan fingerprint density at radius 1 is 1.33 bits per heavy atom. The fourth-order valence-electron chi connectivity index (χ4n) is 1.39. The first kappa shape index (κ1) is 11.9. The predicted octanol–water partition coefficient (Wildman–Crippen LogP) is 3.19. The molecule has 1 aromatic rings. The molecule has 0 aliphatic rings. The molecule has 0 bridgehead atoms. The van der Waals surface area contributed by atoms with Crippen molar-refractivity contribution in [1.82, 2.24) is 5.32 Å². The van der Waals surface area contributed by atoms with Crippen LogP contribution in [-0.4, -0.2) is 6.54 Å². The second kappa shape index (κ2) is 5.61. The third-order valence-electron chi connectivity index (χ3n) is 2.09. The van der Waals surface area contributed by atoms with E-state index in [0.717, 1.165) is 19.0 Å². The molecule has 15 heavy (non-hydrogen) atoms. The number of halogens is 2. The topological polar surface area (TPSA) is 12.0 Å². The van der Waals surface area contributed by atoms with Crippen molar-refractivity contribution >= 4 is 0 Å². The van der Waals surface area contributed by atoms with Crippen LogP contribution in [-0.2, 0) is 0 Å². The van der Waals surface area contributed by atoms with E-state index in [9.17, 15) is 8.78 Å². The summed E-state index contributed by atoms with van der Waals surface area (Å²) in [4.78, 5) is 0. The van der Waals surface area contributed by atoms with E-state index < -0.39 is 11.6 Å². The second-order valence-electron chi connectivity index (χ2n) is 3.37. The molecule has 0 saturated heterocycles. The van der Waals surface area contributed by atoms with Gasteiger partial charge < -0.3 is 5.32 Å². The Morgan fingerprint density at radius 3 is 2.40 bits per heavy atom. The molecular formula is C12H15F2N. The van der Waals surface area contributed by atoms with Gasteiger partial charge in [-0.2, -0.15) is 0 Å². The van der Waals surface area contributed by atoms with Crippen molar-refractivity contribution in [1.29, 1.82) is 0 Å². The molecule has 82 valence electrons. The molecule has 0 fully saturated rings. The van der Waals surface area contributed by atoms with Crippen molar-refractivity contribution in [3.8, 4) is 0 Å². The maximum atomic E-state index is 12.9. The summed E-state index contributed by atoms with van der Waals surface area (Å²) in [6, 6.07) is 3.30. The van der Waals surface area contributed by atoms with Crippen molar-refractivity contribution in [3.05, 3.63) is 48.1 Å². The highest BCUT2D eigenvalue weighted by Crippen LogP contribution is 2.17. The van der Waals surface area contributed by atoms with Crippen molar-refractivity contribution in [2.75, 3.05) is 6.54 Å². The molecule has 0 amide bonds. The van der Waals surface area contributed by atoms with Gasteiger partial charge in [0.15, 0.2) is 0 Å². The first-order valence-corrected chi connectivity index (χ1v) is 4.99. The molecule has 0 aliphatic heterocycles. The van der Waals surface area contributed by atoms with E-state index in [-0.39, 0.29) is 6.04 Å². The number of hydrogen-bond donors (Lipinski definition) is 1. The lowest BCUT2D eigenvalue weighted by Crippen LogP contribution is -2.20. The molecule has 1 unspecified atom stereocenters. The van der Waals surface area contributed by atoms with Crippen molar-refractivity contribution < 1.29 is 8.78 Å². The van der Waals surface area contributed by atoms with E-state index in [1.807, 2.05) is 6.92 Å². The smallest absolute Gasteiger partial charge is 0.126 e. The average Bonchev–Trinajstić information content (AvgIpc) is 2.17. The van der Waals surface area contributed by atoms with Crippen LogP contribution in [0.2, 0.25) is 0 Å². The van der Waals surface area contributed by atoms with E-state index in [4.69, 9.17) is 0 Å². The lowest BCUT2D eigenvalue weighted by molar-refractivity contribution is 0.563. The van der Waals surface area contributed by atoms with Gasteiger partial charge in [0.05, 0.1) is 6.04 Å². The maximum Gasteiger partial charge on any atom is 0.126 e. The summed E-state index contributed by atoms with van der Waals surface area (Å²) in [5.41, 5.74) is 0.566. The molecule has 1 N–H and O–H groups in total. The van der Waals surface area contributed by atoms with Gasteiger partial charge in [0.25, 0.3) is 0 Å². The number of hydrogen-bond acceptors (Lipinski definition) is 1. The highest BCUT2D eigenvalue weighted by atomic mass is 19.1. The minimum Gasteiger partial charge on any atom is -0.307 e. The monoisotopic (exact) mass is 211 g/mol. The van der Waals surface area contributed by atoms with Gasteiger partial charge in [-0.25, -0.2) is 8.78 Å². The summed E-state index contributed by atoms with van der Waals surface area (Å²) >= 11 is 0. The minimum absolute atomic E-state index is 0.199. The molecule has 0 radical (unpaired) electrons. The Morgan fingerprint density at radius 2 is 1.93 bits per heavy atom. The third-order valence-corrected chi connectivity index (χ3v) is 2.09. The van der Waals surface area contributed by atoms with Crippen LogP contribution in [0.1, 0.15) is 24.9 Å². The van der Waals surface area contributed by atoms with Crippen molar-refractivity contribution in [2.24, 2.45) is 0 Å². The molecule has 1 rings (SSSR count). The lowest BCUT2D eigenvalue weighted by atomic mass is 10.1. The largest absolute Gasteiger partial charge is 0.307 e. The molecule has 0 spiro atoms. The van der Waals surface area contributed by atoms with Crippen LogP contribution >= 0.6 is 0 Å². The first-order valence-electron chi connectivity index (χ1n) is 4.99. The van der Waals surface area contributed by atoms with Crippen LogP contribution in [0.4, 0.5) is 8.78 Å². The molecule has 3 heteroatoms. The Balaban J connectivity index is 2.86. The quantitative estimate of drug-likeness (QED) is 0.737. The fourth-order valence-corrected chi connectivity index (χ4v) is 1.39. The molecule has 0 heterocycles. The molecule has 0 aliphatic carbocycles. The number of rotatable bonds is 5. The predicted molar refractivity (Wildman–Crippen MR) is 57.6 cm³/mol. The molecule has 0 aromatic heterocycles. The van der Waals surface area contributed by atoms with Crippen LogP contribution in [0, 0.1) is 11.6 Å². The lowest BCUT2D eigenvalue weighted by Gasteiger charge is -2.14. The van der Waals surface area contributed by atoms with Gasteiger partial charge in [-0.05, 0) is 30.7 Å². The van der Waals surface area contributed by atoms with Gasteiger partial charge >= 0.3 is 0 Å². The van der Waals surface area contributed by atoms with Gasteiger partial charge in [0.2, 0.25) is 0 Å². The molecule has 1 atom stereocenters. The zero-order chi connectivity index (χ0) is 11.3. The minimum atomic E-state index is -0.560. The summed E-state index contributed by atoms with van der Waals surface area (Å²) < 4.78 is 25.9. The Bertz CT molecular complexity index is 316. The third kappa shape index (κ3) is 3.44. The first-order chi connectivity index (χ1) is 7.17. The standard InChI is InChI=1S/C12H15F2N/c1-3-5-15-12(4-2)9-6-10(13)8-11(14)7-9/h4,6-8,12,15H,2-3,5H2,1H3. The van der Waals surface area contributed by atoms with E-state index >= 15 is 0 Å². The van der Waals surface area contributed by atoms with Crippen LogP contribution in [0.25, 0.3) is 0 Å². The van der Waals surface area contributed by atoms with Gasteiger partial charge in [-0.15, -0.1) is 6.58 Å².